The van der Waals surface area contributed by atoms with Crippen molar-refractivity contribution in [2.24, 2.45) is 11.8 Å². The molecule has 7 aromatic rings. The molecule has 4 nitrogen and oxygen atoms in total. The molecule has 0 saturated heterocycles. The van der Waals surface area contributed by atoms with Crippen molar-refractivity contribution >= 4 is 56.5 Å². The Morgan fingerprint density at radius 2 is 0.867 bits per heavy atom. The van der Waals surface area contributed by atoms with E-state index in [0.717, 1.165) is 67.2 Å². The zero-order valence-electron chi connectivity index (χ0n) is 26.5. The fraction of sp³-hybridized carbons (Fsp3) is 0.263. The molecule has 45 heavy (non-hydrogen) atoms. The molecule has 0 aliphatic carbocycles. The Balaban J connectivity index is 1.34. The topological polar surface area (TPSA) is 51.6 Å². The minimum atomic E-state index is 0.643. The van der Waals surface area contributed by atoms with E-state index in [4.69, 9.17) is 18.7 Å². The number of fused-ring (bicyclic) bond motifs is 2. The highest BCUT2D eigenvalue weighted by molar-refractivity contribution is 7.19. The Labute approximate surface area is 277 Å². The molecule has 0 saturated carbocycles. The summed E-state index contributed by atoms with van der Waals surface area (Å²) < 4.78 is 9.75. The van der Waals surface area contributed by atoms with Gasteiger partial charge in [-0.2, -0.15) is 8.75 Å². The largest absolute Gasteiger partial charge is 0.249 e. The van der Waals surface area contributed by atoms with E-state index < -0.39 is 0 Å². The lowest BCUT2D eigenvalue weighted by Crippen LogP contribution is -1.98. The number of benzene rings is 3. The predicted octanol–water partition coefficient (Wildman–Crippen LogP) is 11.4. The normalized spacial score (nSPS) is 11.9. The van der Waals surface area contributed by atoms with Crippen molar-refractivity contribution in [3.05, 3.63) is 95.3 Å². The fourth-order valence-electron chi connectivity index (χ4n) is 5.97. The third kappa shape index (κ3) is 5.85. The van der Waals surface area contributed by atoms with E-state index in [1.807, 2.05) is 13.8 Å². The molecule has 0 bridgehead atoms. The molecule has 226 valence electrons. The van der Waals surface area contributed by atoms with Gasteiger partial charge in [-0.25, -0.2) is 9.97 Å². The monoisotopic (exact) mass is 644 g/mol. The maximum absolute atomic E-state index is 5.17. The Kier molecular flexibility index (Phi) is 8.11. The third-order valence-electron chi connectivity index (χ3n) is 8.21. The summed E-state index contributed by atoms with van der Waals surface area (Å²) in [5, 5.41) is 0. The molecule has 0 radical (unpaired) electrons. The van der Waals surface area contributed by atoms with Gasteiger partial charge >= 0.3 is 0 Å². The fourth-order valence-corrected chi connectivity index (χ4v) is 8.64. The van der Waals surface area contributed by atoms with Crippen molar-refractivity contribution in [3.8, 4) is 41.8 Å². The number of aryl methyl sites for hydroxylation is 2. The van der Waals surface area contributed by atoms with Crippen molar-refractivity contribution < 1.29 is 0 Å². The van der Waals surface area contributed by atoms with Crippen LogP contribution in [-0.4, -0.2) is 18.7 Å². The average Bonchev–Trinajstić information content (AvgIpc) is 3.79. The molecule has 0 unspecified atom stereocenters. The molecule has 0 amide bonds. The van der Waals surface area contributed by atoms with E-state index in [1.165, 1.54) is 43.7 Å². The Hall–Kier alpha value is -3.78. The van der Waals surface area contributed by atoms with Crippen molar-refractivity contribution in [1.29, 1.82) is 0 Å². The highest BCUT2D eigenvalue weighted by Gasteiger charge is 2.24. The van der Waals surface area contributed by atoms with Crippen LogP contribution < -0.4 is 0 Å². The number of aromatic nitrogens is 4. The number of hydrogen-bond donors (Lipinski definition) is 0. The summed E-state index contributed by atoms with van der Waals surface area (Å²) in [7, 11) is 0. The zero-order valence-corrected chi connectivity index (χ0v) is 29.0. The van der Waals surface area contributed by atoms with Crippen LogP contribution in [0.4, 0.5) is 0 Å². The van der Waals surface area contributed by atoms with Crippen LogP contribution in [0.1, 0.15) is 50.2 Å². The second-order valence-corrected chi connectivity index (χ2v) is 15.4. The summed E-state index contributed by atoms with van der Waals surface area (Å²) >= 11 is 4.82. The molecule has 4 heterocycles. The van der Waals surface area contributed by atoms with Crippen LogP contribution in [0.5, 0.6) is 0 Å². The van der Waals surface area contributed by atoms with E-state index in [2.05, 4.69) is 100 Å². The van der Waals surface area contributed by atoms with E-state index in [1.54, 1.807) is 22.7 Å². The van der Waals surface area contributed by atoms with Gasteiger partial charge < -0.3 is 0 Å². The van der Waals surface area contributed by atoms with Crippen LogP contribution in [0.3, 0.4) is 0 Å². The van der Waals surface area contributed by atoms with Gasteiger partial charge in [0.15, 0.2) is 0 Å². The maximum atomic E-state index is 5.17. The minimum Gasteiger partial charge on any atom is -0.249 e. The highest BCUT2D eigenvalue weighted by atomic mass is 32.1. The Bertz CT molecular complexity index is 1980. The summed E-state index contributed by atoms with van der Waals surface area (Å²) in [4.78, 5) is 15.1. The number of rotatable bonds is 8. The van der Waals surface area contributed by atoms with Crippen molar-refractivity contribution in [1.82, 2.24) is 18.7 Å². The molecule has 0 atom stereocenters. The molecular weight excluding hydrogens is 609 g/mol. The van der Waals surface area contributed by atoms with Crippen molar-refractivity contribution in [3.63, 3.8) is 0 Å². The van der Waals surface area contributed by atoms with Crippen molar-refractivity contribution in [2.75, 3.05) is 0 Å². The summed E-state index contributed by atoms with van der Waals surface area (Å²) in [6.07, 6.45) is 2.19. The SMILES string of the molecule is Cc1nc2c(-c3ccc(-c4ccc(CC(C)C)cc4)s3)c3nsnc3c(-c3ccc(-c4ccc(CC(C)C)cc4)s3)c2nc1C. The molecule has 0 aliphatic heterocycles. The molecule has 7 rings (SSSR count). The lowest BCUT2D eigenvalue weighted by atomic mass is 10.0. The van der Waals surface area contributed by atoms with Gasteiger partial charge in [-0.3, -0.25) is 0 Å². The van der Waals surface area contributed by atoms with Gasteiger partial charge in [0.05, 0.1) is 23.1 Å². The Morgan fingerprint density at radius 3 is 1.24 bits per heavy atom. The molecule has 7 heteroatoms. The van der Waals surface area contributed by atoms with Gasteiger partial charge in [-0.15, -0.1) is 22.7 Å². The molecule has 0 N–H and O–H groups in total. The molecule has 0 fully saturated rings. The molecule has 4 aromatic heterocycles. The highest BCUT2D eigenvalue weighted by Crippen LogP contribution is 2.47. The van der Waals surface area contributed by atoms with Gasteiger partial charge in [0.25, 0.3) is 0 Å². The first kappa shape index (κ1) is 29.9. The van der Waals surface area contributed by atoms with Gasteiger partial charge in [0.1, 0.15) is 22.1 Å². The van der Waals surface area contributed by atoms with Crippen molar-refractivity contribution in [2.45, 2.75) is 54.4 Å². The zero-order chi connectivity index (χ0) is 31.2. The van der Waals surface area contributed by atoms with Crippen LogP contribution in [0.2, 0.25) is 0 Å². The summed E-state index contributed by atoms with van der Waals surface area (Å²) in [5.41, 5.74) is 12.7. The Morgan fingerprint density at radius 1 is 0.489 bits per heavy atom. The van der Waals surface area contributed by atoms with Crippen LogP contribution in [-0.2, 0) is 12.8 Å². The van der Waals surface area contributed by atoms with Crippen LogP contribution >= 0.6 is 34.4 Å². The van der Waals surface area contributed by atoms with Crippen LogP contribution in [0, 0.1) is 25.7 Å². The minimum absolute atomic E-state index is 0.643. The molecule has 0 spiro atoms. The molecular formula is C38H36N4S3. The van der Waals surface area contributed by atoms with E-state index in [9.17, 15) is 0 Å². The first-order valence-corrected chi connectivity index (χ1v) is 17.9. The smallest absolute Gasteiger partial charge is 0.116 e. The second-order valence-electron chi connectivity index (χ2n) is 12.7. The number of nitrogens with zero attached hydrogens (tertiary/aromatic N) is 4. The molecule has 3 aromatic carbocycles. The van der Waals surface area contributed by atoms with Gasteiger partial charge in [0.2, 0.25) is 0 Å². The number of hydrogen-bond acceptors (Lipinski definition) is 7. The van der Waals surface area contributed by atoms with Gasteiger partial charge in [-0.05, 0) is 85.0 Å². The summed E-state index contributed by atoms with van der Waals surface area (Å²) in [6.45, 7) is 13.1. The average molecular weight is 645 g/mol. The summed E-state index contributed by atoms with van der Waals surface area (Å²) in [5.74, 6) is 1.29. The first-order chi connectivity index (χ1) is 21.7. The first-order valence-electron chi connectivity index (χ1n) is 15.6. The predicted molar refractivity (Wildman–Crippen MR) is 195 cm³/mol. The molecule has 0 aliphatic rings. The van der Waals surface area contributed by atoms with Gasteiger partial charge in [-0.1, -0.05) is 76.2 Å². The lowest BCUT2D eigenvalue weighted by Gasteiger charge is -2.12. The van der Waals surface area contributed by atoms with Crippen LogP contribution in [0.15, 0.2) is 72.8 Å². The van der Waals surface area contributed by atoms with Crippen LogP contribution in [0.25, 0.3) is 63.8 Å². The standard InChI is InChI=1S/C38H36N4S3/c1-21(2)19-25-7-11-27(12-8-25)29-15-17-31(43-29)33-35-36(40-24(6)23(5)39-35)34(38-37(33)41-45-42-38)32-18-16-30(44-32)28-13-9-26(10-14-28)20-22(3)4/h7-18,21-22H,19-20H2,1-6H3. The number of thiophene rings is 2. The van der Waals surface area contributed by atoms with E-state index >= 15 is 0 Å². The summed E-state index contributed by atoms with van der Waals surface area (Å²) in [6, 6.07) is 26.9. The quantitative estimate of drug-likeness (QED) is 0.165. The maximum Gasteiger partial charge on any atom is 0.116 e. The third-order valence-corrected chi connectivity index (χ3v) is 11.0. The second kappa shape index (κ2) is 12.2. The van der Waals surface area contributed by atoms with E-state index in [-0.39, 0.29) is 0 Å². The lowest BCUT2D eigenvalue weighted by molar-refractivity contribution is 0.647. The van der Waals surface area contributed by atoms with E-state index in [0.29, 0.717) is 11.8 Å². The van der Waals surface area contributed by atoms with Gasteiger partial charge in [0, 0.05) is 30.6 Å².